The number of benzene rings is 3. The molecule has 12 heteroatoms. The van der Waals surface area contributed by atoms with Gasteiger partial charge in [-0.1, -0.05) is 54.0 Å². The third-order valence-electron chi connectivity index (χ3n) is 10.1. The lowest BCUT2D eigenvalue weighted by Gasteiger charge is -2.38. The summed E-state index contributed by atoms with van der Waals surface area (Å²) in [4.78, 5) is 32.3. The molecule has 1 aromatic heterocycles. The van der Waals surface area contributed by atoms with E-state index >= 15 is 0 Å². The Bertz CT molecular complexity index is 1890. The van der Waals surface area contributed by atoms with E-state index in [1.807, 2.05) is 17.0 Å². The number of ether oxygens (including phenoxy) is 2. The molecule has 2 fully saturated rings. The Hall–Kier alpha value is -4.25. The summed E-state index contributed by atoms with van der Waals surface area (Å²) in [6.07, 6.45) is 3.05. The lowest BCUT2D eigenvalue weighted by Crippen LogP contribution is -2.50. The summed E-state index contributed by atoms with van der Waals surface area (Å²) >= 11 is 12.9. The van der Waals surface area contributed by atoms with Gasteiger partial charge in [0.05, 0.1) is 22.9 Å². The van der Waals surface area contributed by atoms with Gasteiger partial charge >= 0.3 is 6.01 Å². The number of nitrogens with zero attached hydrogens (tertiary/aromatic N) is 6. The molecule has 1 amide bonds. The van der Waals surface area contributed by atoms with Crippen molar-refractivity contribution in [3.05, 3.63) is 88.1 Å². The van der Waals surface area contributed by atoms with Crippen LogP contribution in [0.25, 0.3) is 10.8 Å². The third-order valence-corrected chi connectivity index (χ3v) is 10.6. The number of carbonyl (C=O) groups is 1. The molecule has 262 valence electrons. The third kappa shape index (κ3) is 7.15. The maximum atomic E-state index is 13.4. The van der Waals surface area contributed by atoms with Crippen molar-refractivity contribution >= 4 is 57.1 Å². The summed E-state index contributed by atoms with van der Waals surface area (Å²) in [6.45, 7) is 9.56. The van der Waals surface area contributed by atoms with Gasteiger partial charge in [0.25, 0.3) is 5.91 Å². The molecule has 0 radical (unpaired) electrons. The van der Waals surface area contributed by atoms with E-state index in [2.05, 4.69) is 57.9 Å². The van der Waals surface area contributed by atoms with Gasteiger partial charge in [0.15, 0.2) is 0 Å². The zero-order valence-electron chi connectivity index (χ0n) is 28.6. The number of anilines is 3. The average Bonchev–Trinajstić information content (AvgIpc) is 3.56. The molecule has 4 heterocycles. The number of fused-ring (bicyclic) bond motifs is 2. The fourth-order valence-corrected chi connectivity index (χ4v) is 7.67. The van der Waals surface area contributed by atoms with Crippen molar-refractivity contribution in [3.63, 3.8) is 0 Å². The molecule has 1 N–H and O–H groups in total. The van der Waals surface area contributed by atoms with Gasteiger partial charge in [-0.25, -0.2) is 0 Å². The molecule has 0 bridgehead atoms. The molecule has 0 spiro atoms. The van der Waals surface area contributed by atoms with Crippen LogP contribution in [-0.2, 0) is 17.8 Å². The molecule has 0 saturated carbocycles. The fourth-order valence-electron chi connectivity index (χ4n) is 7.22. The smallest absolute Gasteiger partial charge is 0.318 e. The molecular weight excluding hydrogens is 673 g/mol. The number of halogens is 2. The predicted molar refractivity (Wildman–Crippen MR) is 201 cm³/mol. The van der Waals surface area contributed by atoms with Crippen molar-refractivity contribution in [3.8, 4) is 11.8 Å². The number of amides is 1. The normalized spacial score (nSPS) is 17.9. The van der Waals surface area contributed by atoms with E-state index in [4.69, 9.17) is 42.6 Å². The van der Waals surface area contributed by atoms with Gasteiger partial charge in [0.2, 0.25) is 0 Å². The molecule has 1 atom stereocenters. The molecule has 7 rings (SSSR count). The molecule has 0 aliphatic carbocycles. The minimum Gasteiger partial charge on any atom is -0.487 e. The number of likely N-dealkylation sites (N-methyl/N-ethyl adjacent to an activating group) is 1. The van der Waals surface area contributed by atoms with Gasteiger partial charge in [-0.2, -0.15) is 9.97 Å². The Morgan fingerprint density at radius 3 is 2.54 bits per heavy atom. The van der Waals surface area contributed by atoms with Crippen LogP contribution in [0.4, 0.5) is 17.2 Å². The van der Waals surface area contributed by atoms with E-state index in [-0.39, 0.29) is 12.5 Å². The van der Waals surface area contributed by atoms with Crippen LogP contribution >= 0.6 is 23.2 Å². The highest BCUT2D eigenvalue weighted by atomic mass is 35.5. The van der Waals surface area contributed by atoms with E-state index in [1.165, 1.54) is 6.42 Å². The van der Waals surface area contributed by atoms with Crippen LogP contribution in [0.2, 0.25) is 10.0 Å². The molecule has 2 saturated heterocycles. The number of hydrogen-bond acceptors (Lipinski definition) is 9. The van der Waals surface area contributed by atoms with E-state index in [0.29, 0.717) is 67.7 Å². The second kappa shape index (κ2) is 14.9. The number of aromatic nitrogens is 2. The number of piperazine rings is 1. The Labute approximate surface area is 303 Å². The first-order valence-corrected chi connectivity index (χ1v) is 18.0. The van der Waals surface area contributed by atoms with Gasteiger partial charge in [-0.3, -0.25) is 4.79 Å². The summed E-state index contributed by atoms with van der Waals surface area (Å²) in [5.41, 5.74) is 4.35. The zero-order valence-corrected chi connectivity index (χ0v) is 30.1. The van der Waals surface area contributed by atoms with Crippen molar-refractivity contribution in [2.24, 2.45) is 0 Å². The molecule has 3 aromatic carbocycles. The predicted octanol–water partition coefficient (Wildman–Crippen LogP) is 6.30. The van der Waals surface area contributed by atoms with Crippen LogP contribution in [0.3, 0.4) is 0 Å². The summed E-state index contributed by atoms with van der Waals surface area (Å²) in [5.74, 6) is 1.41. The second-order valence-corrected chi connectivity index (χ2v) is 14.0. The molecule has 3 aliphatic heterocycles. The van der Waals surface area contributed by atoms with Crippen molar-refractivity contribution < 1.29 is 14.3 Å². The van der Waals surface area contributed by atoms with Crippen LogP contribution < -0.4 is 24.6 Å². The molecule has 10 nitrogen and oxygen atoms in total. The first kappa shape index (κ1) is 34.2. The van der Waals surface area contributed by atoms with Crippen LogP contribution in [0, 0.1) is 0 Å². The molecule has 4 aromatic rings. The van der Waals surface area contributed by atoms with Gasteiger partial charge in [0.1, 0.15) is 24.8 Å². The maximum Gasteiger partial charge on any atom is 0.318 e. The average molecular weight is 717 g/mol. The second-order valence-electron chi connectivity index (χ2n) is 13.2. The quantitative estimate of drug-likeness (QED) is 0.190. The highest BCUT2D eigenvalue weighted by Gasteiger charge is 2.31. The minimum absolute atomic E-state index is 0.0874. The van der Waals surface area contributed by atoms with Crippen LogP contribution in [0.5, 0.6) is 11.8 Å². The molecule has 50 heavy (non-hydrogen) atoms. The molecule has 3 aliphatic rings. The highest BCUT2D eigenvalue weighted by molar-refractivity contribution is 6.36. The van der Waals surface area contributed by atoms with Crippen LogP contribution in [-0.4, -0.2) is 98.3 Å². The number of carbonyl (C=O) groups excluding carboxylic acids is 1. The molecular formula is C38H43Cl2N7O3. The first-order valence-electron chi connectivity index (χ1n) is 17.3. The number of hydrogen-bond donors (Lipinski definition) is 1. The van der Waals surface area contributed by atoms with Gasteiger partial charge in [-0.05, 0) is 68.6 Å². The zero-order chi connectivity index (χ0) is 34.8. The van der Waals surface area contributed by atoms with E-state index in [9.17, 15) is 4.79 Å². The minimum atomic E-state index is -0.108. The van der Waals surface area contributed by atoms with Crippen molar-refractivity contribution in [2.45, 2.75) is 31.8 Å². The Kier molecular flexibility index (Phi) is 10.2. The first-order chi connectivity index (χ1) is 24.3. The summed E-state index contributed by atoms with van der Waals surface area (Å²) in [5, 5.41) is 6.59. The number of likely N-dealkylation sites (tertiary alicyclic amines) is 1. The van der Waals surface area contributed by atoms with Crippen LogP contribution in [0.15, 0.2) is 66.7 Å². The SMILES string of the molecule is C=C(COc1ccc(Cl)cc1NC)C(=O)N1CCN(c2nc(OCC3CCCN3C)nc3c2CCN(c2cccc4cccc(Cl)c24)C3)CC1. The van der Waals surface area contributed by atoms with Gasteiger partial charge in [-0.15, -0.1) is 0 Å². The van der Waals surface area contributed by atoms with Crippen molar-refractivity contribution in [1.29, 1.82) is 0 Å². The van der Waals surface area contributed by atoms with Gasteiger partial charge in [0, 0.05) is 73.0 Å². The highest BCUT2D eigenvalue weighted by Crippen LogP contribution is 2.37. The largest absolute Gasteiger partial charge is 0.487 e. The van der Waals surface area contributed by atoms with Gasteiger partial charge < -0.3 is 34.4 Å². The molecule has 1 unspecified atom stereocenters. The Morgan fingerprint density at radius 1 is 0.980 bits per heavy atom. The standard InChI is InChI=1S/C38H43Cl2N7O3/c1-25(23-49-34-13-12-27(39)21-31(34)41-2)37(48)46-19-17-45(18-20-46)36-29-14-16-47(33-11-5-8-26-7-4-10-30(40)35(26)33)22-32(29)42-38(43-36)50-24-28-9-6-15-44(28)3/h4-5,7-8,10-13,21,28,41H,1,6,9,14-20,22-24H2,2-3H3. The van der Waals surface area contributed by atoms with Crippen molar-refractivity contribution in [2.75, 3.05) is 81.7 Å². The lowest BCUT2D eigenvalue weighted by atomic mass is 10.0. The number of nitrogens with one attached hydrogen (secondary N) is 1. The Balaban J connectivity index is 1.07. The monoisotopic (exact) mass is 715 g/mol. The Morgan fingerprint density at radius 2 is 1.78 bits per heavy atom. The summed E-state index contributed by atoms with van der Waals surface area (Å²) in [6, 6.07) is 18.4. The van der Waals surface area contributed by atoms with E-state index in [0.717, 1.165) is 70.2 Å². The lowest BCUT2D eigenvalue weighted by molar-refractivity contribution is -0.127. The maximum absolute atomic E-state index is 13.4. The topological polar surface area (TPSA) is 86.3 Å². The van der Waals surface area contributed by atoms with Crippen LogP contribution in [0.1, 0.15) is 24.1 Å². The summed E-state index contributed by atoms with van der Waals surface area (Å²) < 4.78 is 12.3. The van der Waals surface area contributed by atoms with E-state index in [1.54, 1.807) is 25.2 Å². The van der Waals surface area contributed by atoms with Crippen molar-refractivity contribution in [1.82, 2.24) is 19.8 Å². The number of rotatable bonds is 10. The fraction of sp³-hybridized carbons (Fsp3) is 0.395. The van der Waals surface area contributed by atoms with E-state index < -0.39 is 0 Å². The summed E-state index contributed by atoms with van der Waals surface area (Å²) in [7, 11) is 3.94.